The van der Waals surface area contributed by atoms with Crippen molar-refractivity contribution in [2.75, 3.05) is 10.2 Å². The Morgan fingerprint density at radius 2 is 1.65 bits per heavy atom. The molecule has 2 aromatic carbocycles. The number of aromatic hydroxyl groups is 1. The minimum atomic E-state index is -0.623. The van der Waals surface area contributed by atoms with Gasteiger partial charge < -0.3 is 10.4 Å². The van der Waals surface area contributed by atoms with Gasteiger partial charge in [-0.2, -0.15) is 0 Å². The first-order chi connectivity index (χ1) is 11.0. The number of phenols is 1. The van der Waals surface area contributed by atoms with Crippen LogP contribution in [0, 0.1) is 0 Å². The van der Waals surface area contributed by atoms with E-state index in [1.807, 2.05) is 0 Å². The Bertz CT molecular complexity index is 831. The molecule has 3 rings (SSSR count). The van der Waals surface area contributed by atoms with Crippen molar-refractivity contribution in [2.24, 2.45) is 0 Å². The Kier molecular flexibility index (Phi) is 3.98. The van der Waals surface area contributed by atoms with E-state index in [1.54, 1.807) is 36.4 Å². The number of halogens is 2. The van der Waals surface area contributed by atoms with Crippen LogP contribution in [-0.4, -0.2) is 16.9 Å². The van der Waals surface area contributed by atoms with Crippen LogP contribution in [0.15, 0.2) is 59.3 Å². The minimum absolute atomic E-state index is 0.0260. The SMILES string of the molecule is O=C1C(Cl)=C(Nc2cccc(O)c2)C(=O)N1c1ccc(Cl)cc1. The average Bonchev–Trinajstić information content (AvgIpc) is 2.73. The van der Waals surface area contributed by atoms with Gasteiger partial charge >= 0.3 is 0 Å². The molecule has 0 saturated heterocycles. The van der Waals surface area contributed by atoms with Crippen LogP contribution in [0.4, 0.5) is 11.4 Å². The van der Waals surface area contributed by atoms with Crippen molar-refractivity contribution in [1.29, 1.82) is 0 Å². The van der Waals surface area contributed by atoms with E-state index in [4.69, 9.17) is 23.2 Å². The van der Waals surface area contributed by atoms with E-state index in [2.05, 4.69) is 5.32 Å². The van der Waals surface area contributed by atoms with Gasteiger partial charge in [0, 0.05) is 16.8 Å². The number of rotatable bonds is 3. The highest BCUT2D eigenvalue weighted by Gasteiger charge is 2.38. The van der Waals surface area contributed by atoms with Crippen LogP contribution < -0.4 is 10.2 Å². The Labute approximate surface area is 141 Å². The third-order valence-corrected chi connectivity index (χ3v) is 3.83. The van der Waals surface area contributed by atoms with Crippen LogP contribution in [0.1, 0.15) is 0 Å². The molecule has 0 bridgehead atoms. The number of nitrogens with zero attached hydrogens (tertiary/aromatic N) is 1. The molecule has 2 amide bonds. The van der Waals surface area contributed by atoms with Crippen molar-refractivity contribution in [1.82, 2.24) is 0 Å². The summed E-state index contributed by atoms with van der Waals surface area (Å²) in [5.74, 6) is -1.18. The van der Waals surface area contributed by atoms with E-state index in [9.17, 15) is 14.7 Å². The second-order valence-electron chi connectivity index (χ2n) is 4.79. The molecule has 0 spiro atoms. The number of hydrogen-bond donors (Lipinski definition) is 2. The molecule has 0 atom stereocenters. The predicted octanol–water partition coefficient (Wildman–Crippen LogP) is 3.48. The molecule has 1 aliphatic rings. The normalized spacial score (nSPS) is 14.6. The lowest BCUT2D eigenvalue weighted by Gasteiger charge is -2.15. The van der Waals surface area contributed by atoms with E-state index in [1.165, 1.54) is 12.1 Å². The minimum Gasteiger partial charge on any atom is -0.508 e. The topological polar surface area (TPSA) is 69.6 Å². The van der Waals surface area contributed by atoms with Gasteiger partial charge in [0.15, 0.2) is 0 Å². The lowest BCUT2D eigenvalue weighted by molar-refractivity contribution is -0.120. The maximum Gasteiger partial charge on any atom is 0.283 e. The smallest absolute Gasteiger partial charge is 0.283 e. The Balaban J connectivity index is 1.91. The number of amides is 2. The number of hydrogen-bond acceptors (Lipinski definition) is 4. The number of imide groups is 1. The standard InChI is InChI=1S/C16H10Cl2N2O3/c17-9-4-6-11(7-5-9)20-15(22)13(18)14(16(20)23)19-10-2-1-3-12(21)8-10/h1-8,19,21H. The first-order valence-corrected chi connectivity index (χ1v) is 7.33. The number of nitrogens with one attached hydrogen (secondary N) is 1. The van der Waals surface area contributed by atoms with Gasteiger partial charge in [0.05, 0.1) is 5.69 Å². The van der Waals surface area contributed by atoms with Crippen LogP contribution in [0.5, 0.6) is 5.75 Å². The second-order valence-corrected chi connectivity index (χ2v) is 5.60. The summed E-state index contributed by atoms with van der Waals surface area (Å²) in [4.78, 5) is 25.7. The molecular formula is C16H10Cl2N2O3. The monoisotopic (exact) mass is 348 g/mol. The summed E-state index contributed by atoms with van der Waals surface area (Å²) in [5.41, 5.74) is 0.768. The van der Waals surface area contributed by atoms with Gasteiger partial charge in [-0.25, -0.2) is 4.90 Å². The summed E-state index contributed by atoms with van der Waals surface area (Å²) in [5, 5.41) is 12.5. The number of phenolic OH excluding ortho intramolecular Hbond substituents is 1. The van der Waals surface area contributed by atoms with Crippen molar-refractivity contribution in [3.8, 4) is 5.75 Å². The van der Waals surface area contributed by atoms with E-state index >= 15 is 0 Å². The van der Waals surface area contributed by atoms with Crippen LogP contribution in [0.3, 0.4) is 0 Å². The van der Waals surface area contributed by atoms with Gasteiger partial charge in [-0.3, -0.25) is 9.59 Å². The molecule has 0 aliphatic carbocycles. The average molecular weight is 349 g/mol. The van der Waals surface area contributed by atoms with Crippen LogP contribution >= 0.6 is 23.2 Å². The molecule has 0 aromatic heterocycles. The molecule has 0 fully saturated rings. The lowest BCUT2D eigenvalue weighted by atomic mass is 10.2. The zero-order chi connectivity index (χ0) is 16.6. The quantitative estimate of drug-likeness (QED) is 0.833. The first kappa shape index (κ1) is 15.4. The van der Waals surface area contributed by atoms with E-state index < -0.39 is 11.8 Å². The summed E-state index contributed by atoms with van der Waals surface area (Å²) in [7, 11) is 0. The molecule has 1 heterocycles. The summed E-state index contributed by atoms with van der Waals surface area (Å²) in [6.45, 7) is 0. The Hall–Kier alpha value is -2.50. The third-order valence-electron chi connectivity index (χ3n) is 3.23. The Morgan fingerprint density at radius 1 is 0.957 bits per heavy atom. The number of benzene rings is 2. The van der Waals surface area contributed by atoms with E-state index in [0.29, 0.717) is 16.4 Å². The molecule has 23 heavy (non-hydrogen) atoms. The van der Waals surface area contributed by atoms with Gasteiger partial charge in [-0.15, -0.1) is 0 Å². The molecule has 116 valence electrons. The largest absolute Gasteiger partial charge is 0.508 e. The summed E-state index contributed by atoms with van der Waals surface area (Å²) < 4.78 is 0. The van der Waals surface area contributed by atoms with Gasteiger partial charge in [0.1, 0.15) is 16.5 Å². The number of carbonyl (C=O) groups is 2. The molecule has 2 N–H and O–H groups in total. The molecular weight excluding hydrogens is 339 g/mol. The van der Waals surface area contributed by atoms with Crippen molar-refractivity contribution in [3.05, 3.63) is 64.3 Å². The van der Waals surface area contributed by atoms with Crippen LogP contribution in [-0.2, 0) is 9.59 Å². The summed E-state index contributed by atoms with van der Waals surface area (Å²) in [6, 6.07) is 12.4. The zero-order valence-electron chi connectivity index (χ0n) is 11.6. The van der Waals surface area contributed by atoms with Crippen molar-refractivity contribution < 1.29 is 14.7 Å². The molecule has 0 unspecified atom stereocenters. The molecule has 0 radical (unpaired) electrons. The number of anilines is 2. The van der Waals surface area contributed by atoms with Crippen molar-refractivity contribution in [3.63, 3.8) is 0 Å². The fourth-order valence-electron chi connectivity index (χ4n) is 2.16. The number of carbonyl (C=O) groups excluding carboxylic acids is 2. The third kappa shape index (κ3) is 2.88. The van der Waals surface area contributed by atoms with E-state index in [-0.39, 0.29) is 16.5 Å². The predicted molar refractivity (Wildman–Crippen MR) is 88.6 cm³/mol. The zero-order valence-corrected chi connectivity index (χ0v) is 13.1. The maximum absolute atomic E-state index is 12.5. The first-order valence-electron chi connectivity index (χ1n) is 6.57. The fraction of sp³-hybridized carbons (Fsp3) is 0. The molecule has 1 aliphatic heterocycles. The highest BCUT2D eigenvalue weighted by molar-refractivity contribution is 6.53. The summed E-state index contributed by atoms with van der Waals surface area (Å²) in [6.07, 6.45) is 0. The molecule has 5 nitrogen and oxygen atoms in total. The fourth-order valence-corrected chi connectivity index (χ4v) is 2.50. The van der Waals surface area contributed by atoms with Gasteiger partial charge in [0.2, 0.25) is 0 Å². The lowest BCUT2D eigenvalue weighted by Crippen LogP contribution is -2.32. The Morgan fingerprint density at radius 3 is 2.30 bits per heavy atom. The highest BCUT2D eigenvalue weighted by Crippen LogP contribution is 2.31. The van der Waals surface area contributed by atoms with Crippen LogP contribution in [0.2, 0.25) is 5.02 Å². The van der Waals surface area contributed by atoms with Gasteiger partial charge in [-0.1, -0.05) is 29.3 Å². The molecule has 2 aromatic rings. The van der Waals surface area contributed by atoms with Crippen molar-refractivity contribution in [2.45, 2.75) is 0 Å². The highest BCUT2D eigenvalue weighted by atomic mass is 35.5. The van der Waals surface area contributed by atoms with Gasteiger partial charge in [0.25, 0.3) is 11.8 Å². The van der Waals surface area contributed by atoms with Gasteiger partial charge in [-0.05, 0) is 36.4 Å². The molecule has 7 heteroatoms. The van der Waals surface area contributed by atoms with Crippen molar-refractivity contribution >= 4 is 46.4 Å². The molecule has 0 saturated carbocycles. The second kappa shape index (κ2) is 5.95. The maximum atomic E-state index is 12.5. The summed E-state index contributed by atoms with van der Waals surface area (Å²) >= 11 is 11.8. The van der Waals surface area contributed by atoms with Crippen LogP contribution in [0.25, 0.3) is 0 Å². The van der Waals surface area contributed by atoms with E-state index in [0.717, 1.165) is 4.90 Å².